The number of aliphatic hydroxyl groups is 1. The Labute approximate surface area is 114 Å². The van der Waals surface area contributed by atoms with Crippen LogP contribution >= 0.6 is 0 Å². The molecule has 1 aromatic heterocycles. The highest BCUT2D eigenvalue weighted by molar-refractivity contribution is 7.89. The summed E-state index contributed by atoms with van der Waals surface area (Å²) in [6.07, 6.45) is 2.26. The van der Waals surface area contributed by atoms with Crippen LogP contribution < -0.4 is 0 Å². The maximum Gasteiger partial charge on any atom is 0.247 e. The van der Waals surface area contributed by atoms with Crippen molar-refractivity contribution in [1.82, 2.24) is 4.31 Å². The second kappa shape index (κ2) is 6.36. The molecular weight excluding hydrogens is 266 g/mol. The second-order valence-corrected chi connectivity index (χ2v) is 6.21. The quantitative estimate of drug-likeness (QED) is 0.778. The molecule has 1 aromatic rings. The Hall–Kier alpha value is -1.11. The predicted octanol–water partition coefficient (Wildman–Crippen LogP) is 1.98. The summed E-state index contributed by atoms with van der Waals surface area (Å²) in [5.74, 6) is 0.750. The molecule has 0 aromatic carbocycles. The van der Waals surface area contributed by atoms with Crippen molar-refractivity contribution in [3.05, 3.63) is 29.7 Å². The minimum absolute atomic E-state index is 0.0859. The van der Waals surface area contributed by atoms with Gasteiger partial charge in [-0.3, -0.25) is 0 Å². The van der Waals surface area contributed by atoms with E-state index in [1.54, 1.807) is 19.9 Å². The number of aryl methyl sites for hydroxylation is 2. The van der Waals surface area contributed by atoms with Gasteiger partial charge >= 0.3 is 0 Å². The van der Waals surface area contributed by atoms with Crippen molar-refractivity contribution in [3.63, 3.8) is 0 Å². The lowest BCUT2D eigenvalue weighted by Gasteiger charge is -2.20. The molecule has 5 nitrogen and oxygen atoms in total. The molecule has 0 saturated heterocycles. The van der Waals surface area contributed by atoms with Crippen molar-refractivity contribution in [2.45, 2.75) is 38.7 Å². The van der Waals surface area contributed by atoms with Gasteiger partial charge in [0.2, 0.25) is 10.0 Å². The van der Waals surface area contributed by atoms with Gasteiger partial charge in [0.1, 0.15) is 16.4 Å². The lowest BCUT2D eigenvalue weighted by molar-refractivity contribution is 0.276. The molecule has 0 aliphatic heterocycles. The van der Waals surface area contributed by atoms with Crippen LogP contribution in [-0.2, 0) is 16.6 Å². The zero-order valence-corrected chi connectivity index (χ0v) is 12.5. The normalized spacial score (nSPS) is 12.1. The monoisotopic (exact) mass is 287 g/mol. The topological polar surface area (TPSA) is 70.8 Å². The molecular formula is C13H21NO4S. The zero-order valence-electron chi connectivity index (χ0n) is 11.6. The molecule has 0 radical (unpaired) electrons. The van der Waals surface area contributed by atoms with Crippen LogP contribution in [0.25, 0.3) is 0 Å². The Morgan fingerprint density at radius 1 is 1.37 bits per heavy atom. The summed E-state index contributed by atoms with van der Waals surface area (Å²) >= 11 is 0. The Bertz CT molecular complexity index is 545. The van der Waals surface area contributed by atoms with Crippen LogP contribution in [0.15, 0.2) is 22.0 Å². The van der Waals surface area contributed by atoms with Crippen LogP contribution in [0.1, 0.15) is 30.4 Å². The third-order valence-corrected chi connectivity index (χ3v) is 4.95. The maximum absolute atomic E-state index is 12.6. The van der Waals surface area contributed by atoms with Gasteiger partial charge < -0.3 is 9.52 Å². The highest BCUT2D eigenvalue weighted by Gasteiger charge is 2.31. The SMILES string of the molecule is C=CCN(CCC)S(=O)(=O)c1c(C)oc(C)c1CO. The smallest absolute Gasteiger partial charge is 0.247 e. The van der Waals surface area contributed by atoms with Crippen LogP contribution in [0.2, 0.25) is 0 Å². The van der Waals surface area contributed by atoms with Gasteiger partial charge in [0.15, 0.2) is 0 Å². The summed E-state index contributed by atoms with van der Waals surface area (Å²) in [7, 11) is -3.67. The third kappa shape index (κ3) is 3.08. The molecule has 0 bridgehead atoms. The van der Waals surface area contributed by atoms with Crippen LogP contribution in [-0.4, -0.2) is 30.9 Å². The number of nitrogens with zero attached hydrogens (tertiary/aromatic N) is 1. The average molecular weight is 287 g/mol. The Kier molecular flexibility index (Phi) is 5.34. The summed E-state index contributed by atoms with van der Waals surface area (Å²) in [5.41, 5.74) is 0.336. The van der Waals surface area contributed by atoms with Crippen molar-refractivity contribution in [1.29, 1.82) is 0 Å². The fourth-order valence-electron chi connectivity index (χ4n) is 2.06. The largest absolute Gasteiger partial charge is 0.465 e. The fourth-order valence-corrected chi connectivity index (χ4v) is 3.97. The number of rotatable bonds is 7. The van der Waals surface area contributed by atoms with Crippen LogP contribution in [0, 0.1) is 13.8 Å². The van der Waals surface area contributed by atoms with E-state index in [1.165, 1.54) is 4.31 Å². The molecule has 6 heteroatoms. The number of hydrogen-bond donors (Lipinski definition) is 1. The fraction of sp³-hybridized carbons (Fsp3) is 0.538. The molecule has 0 amide bonds. The molecule has 1 heterocycles. The molecule has 108 valence electrons. The Morgan fingerprint density at radius 2 is 2.00 bits per heavy atom. The van der Waals surface area contributed by atoms with E-state index in [-0.39, 0.29) is 18.0 Å². The molecule has 19 heavy (non-hydrogen) atoms. The molecule has 0 spiro atoms. The predicted molar refractivity (Wildman–Crippen MR) is 73.4 cm³/mol. The number of sulfonamides is 1. The van der Waals surface area contributed by atoms with Gasteiger partial charge in [0.05, 0.1) is 6.61 Å². The lowest BCUT2D eigenvalue weighted by atomic mass is 10.2. The van der Waals surface area contributed by atoms with Gasteiger partial charge in [-0.25, -0.2) is 8.42 Å². The van der Waals surface area contributed by atoms with Crippen molar-refractivity contribution < 1.29 is 17.9 Å². The van der Waals surface area contributed by atoms with Crippen LogP contribution in [0.5, 0.6) is 0 Å². The molecule has 0 saturated carbocycles. The highest BCUT2D eigenvalue weighted by atomic mass is 32.2. The van der Waals surface area contributed by atoms with Crippen molar-refractivity contribution in [2.75, 3.05) is 13.1 Å². The highest BCUT2D eigenvalue weighted by Crippen LogP contribution is 2.29. The van der Waals surface area contributed by atoms with E-state index >= 15 is 0 Å². The molecule has 0 aliphatic rings. The van der Waals surface area contributed by atoms with Gasteiger partial charge in [-0.05, 0) is 20.3 Å². The minimum atomic E-state index is -3.67. The van der Waals surface area contributed by atoms with Gasteiger partial charge in [0, 0.05) is 18.7 Å². The lowest BCUT2D eigenvalue weighted by Crippen LogP contribution is -2.32. The second-order valence-electron chi connectivity index (χ2n) is 4.33. The zero-order chi connectivity index (χ0) is 14.6. The van der Waals surface area contributed by atoms with Crippen molar-refractivity contribution >= 4 is 10.0 Å². The number of aliphatic hydroxyl groups excluding tert-OH is 1. The molecule has 0 atom stereocenters. The summed E-state index contributed by atoms with van der Waals surface area (Å²) < 4.78 is 31.9. The van der Waals surface area contributed by atoms with Crippen LogP contribution in [0.4, 0.5) is 0 Å². The van der Waals surface area contributed by atoms with E-state index in [0.29, 0.717) is 30.0 Å². The molecule has 0 fully saturated rings. The van der Waals surface area contributed by atoms with Crippen molar-refractivity contribution in [3.8, 4) is 0 Å². The van der Waals surface area contributed by atoms with Gasteiger partial charge in [-0.15, -0.1) is 6.58 Å². The van der Waals surface area contributed by atoms with E-state index in [9.17, 15) is 13.5 Å². The Morgan fingerprint density at radius 3 is 2.47 bits per heavy atom. The first-order chi connectivity index (χ1) is 8.89. The van der Waals surface area contributed by atoms with Crippen molar-refractivity contribution in [2.24, 2.45) is 0 Å². The Balaban J connectivity index is 3.36. The van der Waals surface area contributed by atoms with Gasteiger partial charge in [0.25, 0.3) is 0 Å². The summed E-state index contributed by atoms with van der Waals surface area (Å²) in [6, 6.07) is 0. The molecule has 0 aliphatic carbocycles. The number of furan rings is 1. The summed E-state index contributed by atoms with van der Waals surface area (Å²) in [5, 5.41) is 9.35. The number of hydrogen-bond acceptors (Lipinski definition) is 4. The molecule has 1 N–H and O–H groups in total. The van der Waals surface area contributed by atoms with Crippen LogP contribution in [0.3, 0.4) is 0 Å². The first-order valence-corrected chi connectivity index (χ1v) is 7.64. The maximum atomic E-state index is 12.6. The van der Waals surface area contributed by atoms with E-state index < -0.39 is 10.0 Å². The first kappa shape index (κ1) is 15.9. The van der Waals surface area contributed by atoms with E-state index in [2.05, 4.69) is 6.58 Å². The van der Waals surface area contributed by atoms with E-state index in [4.69, 9.17) is 4.42 Å². The molecule has 1 rings (SSSR count). The summed E-state index contributed by atoms with van der Waals surface area (Å²) in [4.78, 5) is 0.0859. The standard InChI is InChI=1S/C13H21NO4S/c1-5-7-14(8-6-2)19(16,17)13-11(4)18-10(3)12(13)9-15/h5,15H,1,6-9H2,2-4H3. The van der Waals surface area contributed by atoms with Gasteiger partial charge in [-0.2, -0.15) is 4.31 Å². The average Bonchev–Trinajstić information content (AvgIpc) is 2.63. The van der Waals surface area contributed by atoms with E-state index in [0.717, 1.165) is 0 Å². The first-order valence-electron chi connectivity index (χ1n) is 6.20. The minimum Gasteiger partial charge on any atom is -0.465 e. The molecule has 0 unspecified atom stereocenters. The van der Waals surface area contributed by atoms with Gasteiger partial charge in [-0.1, -0.05) is 13.0 Å². The summed E-state index contributed by atoms with van der Waals surface area (Å²) in [6.45, 7) is 9.02. The third-order valence-electron chi connectivity index (χ3n) is 2.89. The van der Waals surface area contributed by atoms with E-state index in [1.807, 2.05) is 6.92 Å².